The van der Waals surface area contributed by atoms with Crippen LogP contribution in [0.5, 0.6) is 0 Å². The van der Waals surface area contributed by atoms with E-state index in [1.165, 1.54) is 18.4 Å². The third-order valence-corrected chi connectivity index (χ3v) is 6.11. The van der Waals surface area contributed by atoms with Gasteiger partial charge in [-0.2, -0.15) is 5.10 Å². The Hall–Kier alpha value is -1.86. The highest BCUT2D eigenvalue weighted by atomic mass is 79.9. The summed E-state index contributed by atoms with van der Waals surface area (Å²) in [7, 11) is 1.94. The van der Waals surface area contributed by atoms with Crippen LogP contribution in [-0.2, 0) is 17.2 Å². The number of nitrogens with one attached hydrogen (secondary N) is 1. The summed E-state index contributed by atoms with van der Waals surface area (Å²) in [6.45, 7) is 6.14. The molecule has 1 N–H and O–H groups in total. The summed E-state index contributed by atoms with van der Waals surface area (Å²) in [5, 5.41) is 7.77. The topological polar surface area (TPSA) is 54.7 Å². The zero-order chi connectivity index (χ0) is 19.6. The number of morpholine rings is 1. The van der Waals surface area contributed by atoms with Crippen molar-refractivity contribution in [2.45, 2.75) is 31.3 Å². The van der Waals surface area contributed by atoms with Gasteiger partial charge in [-0.25, -0.2) is 0 Å². The molecule has 0 spiro atoms. The highest BCUT2D eigenvalue weighted by Gasteiger charge is 2.44. The van der Waals surface area contributed by atoms with Crippen molar-refractivity contribution in [2.24, 2.45) is 12.0 Å². The van der Waals surface area contributed by atoms with Crippen molar-refractivity contribution in [3.63, 3.8) is 0 Å². The van der Waals surface area contributed by atoms with Crippen molar-refractivity contribution in [1.82, 2.24) is 20.0 Å². The van der Waals surface area contributed by atoms with E-state index in [-0.39, 0.29) is 11.5 Å². The average Bonchev–Trinajstić information content (AvgIpc) is 3.38. The average molecular weight is 446 g/mol. The lowest BCUT2D eigenvalue weighted by Gasteiger charge is -2.35. The first-order valence-electron chi connectivity index (χ1n) is 9.99. The SMILES string of the molecule is CCNC(=NCC1(c2cccc(Br)c2)CC1)N1CCOC(c2cnn(C)c2)C1. The summed E-state index contributed by atoms with van der Waals surface area (Å²) in [6.07, 6.45) is 6.36. The summed E-state index contributed by atoms with van der Waals surface area (Å²) in [5.74, 6) is 0.987. The van der Waals surface area contributed by atoms with Gasteiger partial charge in [0.1, 0.15) is 6.10 Å². The second kappa shape index (κ2) is 8.25. The minimum Gasteiger partial charge on any atom is -0.370 e. The highest BCUT2D eigenvalue weighted by Crippen LogP contribution is 2.48. The predicted octanol–water partition coefficient (Wildman–Crippen LogP) is 3.25. The van der Waals surface area contributed by atoms with Crippen LogP contribution in [-0.4, -0.2) is 53.4 Å². The molecule has 1 atom stereocenters. The van der Waals surface area contributed by atoms with Crippen LogP contribution in [0.2, 0.25) is 0 Å². The molecule has 2 aromatic rings. The third-order valence-electron chi connectivity index (χ3n) is 5.62. The van der Waals surface area contributed by atoms with E-state index in [4.69, 9.17) is 9.73 Å². The van der Waals surface area contributed by atoms with E-state index in [1.807, 2.05) is 24.1 Å². The lowest BCUT2D eigenvalue weighted by molar-refractivity contribution is -0.00805. The molecule has 7 heteroatoms. The van der Waals surface area contributed by atoms with Crippen LogP contribution in [0.15, 0.2) is 46.1 Å². The van der Waals surface area contributed by atoms with Crippen molar-refractivity contribution in [3.8, 4) is 0 Å². The molecule has 28 heavy (non-hydrogen) atoms. The minimum absolute atomic E-state index is 0.0336. The van der Waals surface area contributed by atoms with Crippen molar-refractivity contribution in [3.05, 3.63) is 52.3 Å². The second-order valence-electron chi connectivity index (χ2n) is 7.71. The Kier molecular flexibility index (Phi) is 5.73. The maximum atomic E-state index is 5.99. The maximum Gasteiger partial charge on any atom is 0.194 e. The molecule has 0 amide bonds. The summed E-state index contributed by atoms with van der Waals surface area (Å²) in [6, 6.07) is 8.67. The first kappa shape index (κ1) is 19.5. The minimum atomic E-state index is 0.0336. The van der Waals surface area contributed by atoms with Gasteiger partial charge in [0.2, 0.25) is 0 Å². The van der Waals surface area contributed by atoms with Crippen LogP contribution < -0.4 is 5.32 Å². The molecule has 1 aromatic heterocycles. The Morgan fingerprint density at radius 2 is 2.29 bits per heavy atom. The number of aryl methyl sites for hydroxylation is 1. The van der Waals surface area contributed by atoms with Gasteiger partial charge in [0, 0.05) is 41.8 Å². The van der Waals surface area contributed by atoms with Gasteiger partial charge in [0.05, 0.1) is 25.9 Å². The number of benzene rings is 1. The lowest BCUT2D eigenvalue weighted by atomic mass is 9.96. The van der Waals surface area contributed by atoms with Crippen LogP contribution in [0.3, 0.4) is 0 Å². The summed E-state index contributed by atoms with van der Waals surface area (Å²) in [4.78, 5) is 7.37. The number of hydrogen-bond donors (Lipinski definition) is 1. The molecular formula is C21H28BrN5O. The lowest BCUT2D eigenvalue weighted by Crippen LogP contribution is -2.48. The molecule has 1 saturated carbocycles. The number of aromatic nitrogens is 2. The van der Waals surface area contributed by atoms with Gasteiger partial charge in [-0.05, 0) is 37.5 Å². The first-order valence-corrected chi connectivity index (χ1v) is 10.8. The second-order valence-corrected chi connectivity index (χ2v) is 8.63. The van der Waals surface area contributed by atoms with E-state index in [9.17, 15) is 0 Å². The number of halogens is 1. The standard InChI is InChI=1S/C21H28BrN5O/c1-3-23-20(24-15-21(7-8-21)17-5-4-6-18(22)11-17)27-9-10-28-19(14-27)16-12-25-26(2)13-16/h4-6,11-13,19H,3,7-10,14-15H2,1-2H3,(H,23,24). The van der Waals surface area contributed by atoms with E-state index in [1.54, 1.807) is 0 Å². The van der Waals surface area contributed by atoms with Crippen LogP contribution in [0.25, 0.3) is 0 Å². The van der Waals surface area contributed by atoms with Crippen LogP contribution in [0.1, 0.15) is 37.0 Å². The van der Waals surface area contributed by atoms with Gasteiger partial charge in [0.15, 0.2) is 5.96 Å². The molecule has 2 aliphatic rings. The molecule has 1 saturated heterocycles. The molecule has 6 nitrogen and oxygen atoms in total. The Labute approximate surface area is 175 Å². The number of rotatable bonds is 5. The van der Waals surface area contributed by atoms with Gasteiger partial charge in [-0.1, -0.05) is 28.1 Å². The van der Waals surface area contributed by atoms with Gasteiger partial charge < -0.3 is 15.0 Å². The van der Waals surface area contributed by atoms with Crippen molar-refractivity contribution in [1.29, 1.82) is 0 Å². The van der Waals surface area contributed by atoms with Crippen LogP contribution in [0.4, 0.5) is 0 Å². The van der Waals surface area contributed by atoms with Gasteiger partial charge in [-0.15, -0.1) is 0 Å². The van der Waals surface area contributed by atoms with E-state index in [2.05, 4.69) is 62.4 Å². The number of nitrogens with zero attached hydrogens (tertiary/aromatic N) is 4. The molecule has 4 rings (SSSR count). The molecule has 150 valence electrons. The monoisotopic (exact) mass is 445 g/mol. The summed E-state index contributed by atoms with van der Waals surface area (Å²) in [5.41, 5.74) is 2.70. The molecule has 0 radical (unpaired) electrons. The molecule has 1 aliphatic carbocycles. The predicted molar refractivity (Wildman–Crippen MR) is 115 cm³/mol. The third kappa shape index (κ3) is 4.25. The Morgan fingerprint density at radius 3 is 2.96 bits per heavy atom. The largest absolute Gasteiger partial charge is 0.370 e. The van der Waals surface area contributed by atoms with E-state index in [0.29, 0.717) is 6.61 Å². The molecule has 1 aliphatic heterocycles. The number of aliphatic imine (C=N–C) groups is 1. The summed E-state index contributed by atoms with van der Waals surface area (Å²) < 4.78 is 8.96. The molecule has 1 unspecified atom stereocenters. The molecule has 1 aromatic carbocycles. The zero-order valence-corrected chi connectivity index (χ0v) is 18.2. The Bertz CT molecular complexity index is 845. The van der Waals surface area contributed by atoms with E-state index in [0.717, 1.165) is 42.2 Å². The first-order chi connectivity index (χ1) is 13.6. The van der Waals surface area contributed by atoms with Gasteiger partial charge >= 0.3 is 0 Å². The smallest absolute Gasteiger partial charge is 0.194 e. The fraction of sp³-hybridized carbons (Fsp3) is 0.524. The maximum absolute atomic E-state index is 5.99. The normalized spacial score (nSPS) is 21.6. The zero-order valence-electron chi connectivity index (χ0n) is 16.6. The van der Waals surface area contributed by atoms with Gasteiger partial charge in [0.25, 0.3) is 0 Å². The molecule has 2 fully saturated rings. The van der Waals surface area contributed by atoms with Crippen molar-refractivity contribution < 1.29 is 4.74 Å². The number of guanidine groups is 1. The Balaban J connectivity index is 1.48. The fourth-order valence-electron chi connectivity index (χ4n) is 3.81. The fourth-order valence-corrected chi connectivity index (χ4v) is 4.21. The van der Waals surface area contributed by atoms with Crippen LogP contribution >= 0.6 is 15.9 Å². The van der Waals surface area contributed by atoms with Crippen molar-refractivity contribution >= 4 is 21.9 Å². The molecule has 2 heterocycles. The van der Waals surface area contributed by atoms with Gasteiger partial charge in [-0.3, -0.25) is 9.67 Å². The quantitative estimate of drug-likeness (QED) is 0.566. The van der Waals surface area contributed by atoms with E-state index >= 15 is 0 Å². The van der Waals surface area contributed by atoms with E-state index < -0.39 is 0 Å². The molecular weight excluding hydrogens is 418 g/mol. The highest BCUT2D eigenvalue weighted by molar-refractivity contribution is 9.10. The van der Waals surface area contributed by atoms with Crippen molar-refractivity contribution in [2.75, 3.05) is 32.8 Å². The molecule has 0 bridgehead atoms. The number of ether oxygens (including phenoxy) is 1. The Morgan fingerprint density at radius 1 is 1.43 bits per heavy atom. The summed E-state index contributed by atoms with van der Waals surface area (Å²) >= 11 is 3.60. The van der Waals surface area contributed by atoms with Crippen LogP contribution in [0, 0.1) is 0 Å². The number of hydrogen-bond acceptors (Lipinski definition) is 3.